The van der Waals surface area contributed by atoms with Crippen LogP contribution in [0, 0.1) is 0 Å². The van der Waals surface area contributed by atoms with Gasteiger partial charge in [0.1, 0.15) is 5.76 Å². The average Bonchev–Trinajstić information content (AvgIpc) is 3.30. The van der Waals surface area contributed by atoms with E-state index in [1.807, 2.05) is 18.2 Å². The number of hydrogen-bond acceptors (Lipinski definition) is 5. The molecule has 2 aromatic heterocycles. The number of halogens is 2. The zero-order valence-corrected chi connectivity index (χ0v) is 16.9. The number of aromatic nitrogens is 3. The van der Waals surface area contributed by atoms with Gasteiger partial charge in [0.05, 0.1) is 5.02 Å². The van der Waals surface area contributed by atoms with Gasteiger partial charge in [-0.1, -0.05) is 23.7 Å². The molecule has 2 N–H and O–H groups in total. The summed E-state index contributed by atoms with van der Waals surface area (Å²) in [6, 6.07) is 10.7. The maximum absolute atomic E-state index is 12.6. The first kappa shape index (κ1) is 20.4. The summed E-state index contributed by atoms with van der Waals surface area (Å²) in [5.74, 6) is 1.85. The van der Waals surface area contributed by atoms with Crippen LogP contribution in [0.25, 0.3) is 11.3 Å². The molecule has 1 aromatic carbocycles. The summed E-state index contributed by atoms with van der Waals surface area (Å²) in [4.78, 5) is 17.1. The second-order valence-electron chi connectivity index (χ2n) is 6.54. The first-order chi connectivity index (χ1) is 13.1. The molecule has 1 saturated heterocycles. The Morgan fingerprint density at radius 2 is 2.00 bits per heavy atom. The second-order valence-corrected chi connectivity index (χ2v) is 6.95. The highest BCUT2D eigenvalue weighted by Crippen LogP contribution is 2.29. The van der Waals surface area contributed by atoms with E-state index >= 15 is 0 Å². The van der Waals surface area contributed by atoms with Gasteiger partial charge in [-0.25, -0.2) is 4.68 Å². The zero-order chi connectivity index (χ0) is 18.8. The summed E-state index contributed by atoms with van der Waals surface area (Å²) in [6.07, 6.45) is 1.99. The number of aryl methyl sites for hydroxylation is 1. The highest BCUT2D eigenvalue weighted by Gasteiger charge is 2.22. The second kappa shape index (κ2) is 8.77. The molecule has 3 aromatic rings. The average molecular weight is 422 g/mol. The van der Waals surface area contributed by atoms with Gasteiger partial charge in [-0.2, -0.15) is 10.1 Å². The first-order valence-electron chi connectivity index (χ1n) is 8.89. The quantitative estimate of drug-likeness (QED) is 0.667. The molecular weight excluding hydrogens is 401 g/mol. The van der Waals surface area contributed by atoms with Crippen molar-refractivity contribution in [3.63, 3.8) is 0 Å². The third-order valence-corrected chi connectivity index (χ3v) is 5.01. The lowest BCUT2D eigenvalue weighted by Gasteiger charge is -2.19. The van der Waals surface area contributed by atoms with E-state index in [2.05, 4.69) is 20.7 Å². The number of anilines is 1. The Morgan fingerprint density at radius 1 is 1.25 bits per heavy atom. The van der Waals surface area contributed by atoms with Crippen LogP contribution in [0.3, 0.4) is 0 Å². The molecule has 0 spiro atoms. The van der Waals surface area contributed by atoms with Gasteiger partial charge in [-0.05, 0) is 50.2 Å². The third kappa shape index (κ3) is 4.22. The maximum atomic E-state index is 12.6. The van der Waals surface area contributed by atoms with Crippen molar-refractivity contribution < 1.29 is 9.21 Å². The van der Waals surface area contributed by atoms with E-state index in [0.29, 0.717) is 22.6 Å². The van der Waals surface area contributed by atoms with Gasteiger partial charge in [0.15, 0.2) is 11.6 Å². The molecule has 4 rings (SSSR count). The number of rotatable bonds is 4. The van der Waals surface area contributed by atoms with Crippen LogP contribution in [-0.2, 0) is 7.05 Å². The van der Waals surface area contributed by atoms with Crippen molar-refractivity contribution >= 4 is 35.9 Å². The normalized spacial score (nSPS) is 14.5. The summed E-state index contributed by atoms with van der Waals surface area (Å²) in [7, 11) is 1.77. The highest BCUT2D eigenvalue weighted by atomic mass is 35.5. The number of hydrogen-bond donors (Lipinski definition) is 2. The molecule has 148 valence electrons. The van der Waals surface area contributed by atoms with Crippen LogP contribution in [0.2, 0.25) is 5.02 Å². The minimum Gasteiger partial charge on any atom is -0.451 e. The minimum absolute atomic E-state index is 0. The van der Waals surface area contributed by atoms with E-state index in [0.717, 1.165) is 37.3 Å². The first-order valence-corrected chi connectivity index (χ1v) is 9.27. The number of benzene rings is 1. The van der Waals surface area contributed by atoms with Gasteiger partial charge < -0.3 is 9.73 Å². The number of furan rings is 1. The number of nitrogens with zero attached hydrogens (tertiary/aromatic N) is 3. The fourth-order valence-corrected chi connectivity index (χ4v) is 3.42. The Balaban J connectivity index is 0.00000225. The SMILES string of the molecule is Cl.Cn1nc(C2CCNCC2)nc1NC(=O)c1ccc(-c2ccccc2Cl)o1. The summed E-state index contributed by atoms with van der Waals surface area (Å²) in [6.45, 7) is 1.92. The minimum atomic E-state index is -0.374. The van der Waals surface area contributed by atoms with E-state index in [9.17, 15) is 4.79 Å². The molecule has 0 aliphatic carbocycles. The van der Waals surface area contributed by atoms with Crippen LogP contribution >= 0.6 is 24.0 Å². The van der Waals surface area contributed by atoms with E-state index < -0.39 is 0 Å². The molecule has 3 heterocycles. The molecule has 0 saturated carbocycles. The predicted octanol–water partition coefficient (Wildman–Crippen LogP) is 3.87. The Morgan fingerprint density at radius 3 is 2.75 bits per heavy atom. The molecule has 9 heteroatoms. The third-order valence-electron chi connectivity index (χ3n) is 4.68. The van der Waals surface area contributed by atoms with E-state index in [1.165, 1.54) is 0 Å². The lowest BCUT2D eigenvalue weighted by Crippen LogP contribution is -2.27. The van der Waals surface area contributed by atoms with Crippen molar-refractivity contribution in [1.82, 2.24) is 20.1 Å². The number of piperidine rings is 1. The monoisotopic (exact) mass is 421 g/mol. The summed E-state index contributed by atoms with van der Waals surface area (Å²) < 4.78 is 7.28. The predicted molar refractivity (Wildman–Crippen MR) is 110 cm³/mol. The van der Waals surface area contributed by atoms with E-state index in [4.69, 9.17) is 16.0 Å². The Labute approximate surface area is 173 Å². The Kier molecular flexibility index (Phi) is 6.39. The lowest BCUT2D eigenvalue weighted by molar-refractivity contribution is 0.0996. The van der Waals surface area contributed by atoms with Crippen LogP contribution < -0.4 is 10.6 Å². The number of amides is 1. The van der Waals surface area contributed by atoms with Crippen molar-refractivity contribution in [2.45, 2.75) is 18.8 Å². The molecule has 7 nitrogen and oxygen atoms in total. The van der Waals surface area contributed by atoms with Gasteiger partial charge in [0.2, 0.25) is 5.95 Å². The van der Waals surface area contributed by atoms with Crippen LogP contribution in [0.1, 0.15) is 35.1 Å². The van der Waals surface area contributed by atoms with E-state index in [-0.39, 0.29) is 24.1 Å². The number of nitrogens with one attached hydrogen (secondary N) is 2. The molecule has 1 fully saturated rings. The molecule has 1 amide bonds. The largest absolute Gasteiger partial charge is 0.451 e. The van der Waals surface area contributed by atoms with Gasteiger partial charge in [0.25, 0.3) is 5.91 Å². The van der Waals surface area contributed by atoms with Crippen molar-refractivity contribution in [1.29, 1.82) is 0 Å². The summed E-state index contributed by atoms with van der Waals surface area (Å²) in [5, 5.41) is 11.1. The van der Waals surface area contributed by atoms with Crippen molar-refractivity contribution in [3.05, 3.63) is 53.0 Å². The maximum Gasteiger partial charge on any atom is 0.293 e. The summed E-state index contributed by atoms with van der Waals surface area (Å²) in [5.41, 5.74) is 0.741. The van der Waals surface area contributed by atoms with E-state index in [1.54, 1.807) is 29.9 Å². The molecule has 0 atom stereocenters. The standard InChI is InChI=1S/C19H20ClN5O2.ClH/c1-25-19(22-17(24-25)12-8-10-21-11-9-12)23-18(26)16-7-6-15(27-16)13-4-2-3-5-14(13)20;/h2-7,12,21H,8-11H2,1H3,(H,22,23,24,26);1H. The number of carbonyl (C=O) groups excluding carboxylic acids is 1. The fraction of sp³-hybridized carbons (Fsp3) is 0.316. The van der Waals surface area contributed by atoms with Crippen molar-refractivity contribution in [3.8, 4) is 11.3 Å². The topological polar surface area (TPSA) is 85.0 Å². The lowest BCUT2D eigenvalue weighted by atomic mass is 9.98. The van der Waals surface area contributed by atoms with Gasteiger partial charge in [0, 0.05) is 18.5 Å². The molecule has 1 aliphatic heterocycles. The highest BCUT2D eigenvalue weighted by molar-refractivity contribution is 6.33. The van der Waals surface area contributed by atoms with Gasteiger partial charge >= 0.3 is 0 Å². The van der Waals surface area contributed by atoms with Crippen molar-refractivity contribution in [2.75, 3.05) is 18.4 Å². The van der Waals surface area contributed by atoms with Crippen LogP contribution in [-0.4, -0.2) is 33.8 Å². The smallest absolute Gasteiger partial charge is 0.293 e. The van der Waals surface area contributed by atoms with Crippen molar-refractivity contribution in [2.24, 2.45) is 7.05 Å². The van der Waals surface area contributed by atoms with Gasteiger partial charge in [-0.3, -0.25) is 10.1 Å². The molecule has 1 aliphatic rings. The van der Waals surface area contributed by atoms with Gasteiger partial charge in [-0.15, -0.1) is 12.4 Å². The molecule has 0 radical (unpaired) electrons. The zero-order valence-electron chi connectivity index (χ0n) is 15.3. The Hall–Kier alpha value is -2.35. The number of carbonyl (C=O) groups is 1. The summed E-state index contributed by atoms with van der Waals surface area (Å²) >= 11 is 6.19. The van der Waals surface area contributed by atoms with Crippen LogP contribution in [0.4, 0.5) is 5.95 Å². The molecule has 0 bridgehead atoms. The Bertz CT molecular complexity index is 963. The molecule has 0 unspecified atom stereocenters. The van der Waals surface area contributed by atoms with Crippen LogP contribution in [0.5, 0.6) is 0 Å². The fourth-order valence-electron chi connectivity index (χ4n) is 3.20. The molecular formula is C19H21Cl2N5O2. The van der Waals surface area contributed by atoms with Crippen LogP contribution in [0.15, 0.2) is 40.8 Å². The molecule has 28 heavy (non-hydrogen) atoms.